The molecule has 0 spiro atoms. The molecule has 1 aliphatic carbocycles. The Morgan fingerprint density at radius 2 is 1.81 bits per heavy atom. The molecule has 1 rings (SSSR count). The molecular formula is C11H20N2O2Si. The van der Waals surface area contributed by atoms with Crippen LogP contribution in [0.1, 0.15) is 32.1 Å². The minimum absolute atomic E-state index is 0.0225. The molecule has 0 aliphatic heterocycles. The van der Waals surface area contributed by atoms with E-state index in [4.69, 9.17) is 10.1 Å². The van der Waals surface area contributed by atoms with Gasteiger partial charge in [0.1, 0.15) is 5.95 Å². The Morgan fingerprint density at radius 1 is 1.25 bits per heavy atom. The Kier molecular flexibility index (Phi) is 4.36. The Balaban J connectivity index is 2.70. The molecule has 90 valence electrons. The summed E-state index contributed by atoms with van der Waals surface area (Å²) in [7, 11) is -1.91. The number of nitrogens with zero attached hydrogens (tertiary/aromatic N) is 2. The van der Waals surface area contributed by atoms with Gasteiger partial charge in [-0.2, -0.15) is 0 Å². The average Bonchev–Trinajstić information content (AvgIpc) is 2.17. The van der Waals surface area contributed by atoms with Crippen LogP contribution in [0.5, 0.6) is 0 Å². The van der Waals surface area contributed by atoms with Crippen molar-refractivity contribution in [3.05, 3.63) is 16.2 Å². The van der Waals surface area contributed by atoms with Crippen LogP contribution < -0.4 is 5.11 Å². The minimum atomic E-state index is -1.91. The Labute approximate surface area is 97.9 Å². The fraction of sp³-hybridized carbons (Fsp3) is 0.818. The number of hydrogen-bond acceptors (Lipinski definition) is 3. The lowest BCUT2D eigenvalue weighted by molar-refractivity contribution is -0.364. The van der Waals surface area contributed by atoms with Gasteiger partial charge in [0.15, 0.2) is 13.0 Å². The van der Waals surface area contributed by atoms with Crippen LogP contribution in [0.4, 0.5) is 0 Å². The van der Waals surface area contributed by atoms with E-state index in [-0.39, 0.29) is 11.4 Å². The third-order valence-corrected chi connectivity index (χ3v) is 4.55. The van der Waals surface area contributed by atoms with Crippen molar-refractivity contribution in [1.82, 2.24) is 0 Å². The highest BCUT2D eigenvalue weighted by atomic mass is 28.3. The molecule has 0 radical (unpaired) electrons. The molecule has 4 nitrogen and oxygen atoms in total. The molecule has 1 fully saturated rings. The van der Waals surface area contributed by atoms with E-state index in [1.165, 1.54) is 6.42 Å². The molecule has 0 aromatic heterocycles. The second kappa shape index (κ2) is 5.35. The summed E-state index contributed by atoms with van der Waals surface area (Å²) in [5.41, 5.74) is 0. The lowest BCUT2D eigenvalue weighted by Gasteiger charge is -2.29. The molecule has 5 heteroatoms. The smallest absolute Gasteiger partial charge is 0.347 e. The summed E-state index contributed by atoms with van der Waals surface area (Å²) in [5.74, 6) is -0.423. The predicted molar refractivity (Wildman–Crippen MR) is 63.4 cm³/mol. The first-order valence-corrected chi connectivity index (χ1v) is 9.38. The van der Waals surface area contributed by atoms with Gasteiger partial charge >= 0.3 is 5.32 Å². The molecule has 0 amide bonds. The molecule has 0 atom stereocenters. The van der Waals surface area contributed by atoms with E-state index >= 15 is 0 Å². The number of ether oxygens (including phenoxy) is 1. The molecule has 1 saturated carbocycles. The third kappa shape index (κ3) is 3.53. The maximum atomic E-state index is 11.8. The van der Waals surface area contributed by atoms with Gasteiger partial charge in [0.25, 0.3) is 0 Å². The Bertz CT molecular complexity index is 309. The van der Waals surface area contributed by atoms with Gasteiger partial charge in [-0.25, -0.2) is 0 Å². The first-order valence-electron chi connectivity index (χ1n) is 5.88. The van der Waals surface area contributed by atoms with E-state index in [1.54, 1.807) is 0 Å². The fourth-order valence-corrected chi connectivity index (χ4v) is 2.86. The zero-order valence-electron chi connectivity index (χ0n) is 10.3. The molecule has 1 aliphatic rings. The lowest BCUT2D eigenvalue weighted by Crippen LogP contribution is -2.30. The maximum Gasteiger partial charge on any atom is 0.347 e. The SMILES string of the molecule is C[Si](C)(C)C([N+]#N)=C([O-])OC1CCCCC1. The molecule has 0 aromatic rings. The van der Waals surface area contributed by atoms with Crippen molar-refractivity contribution in [2.45, 2.75) is 57.8 Å². The number of diazo groups is 1. The van der Waals surface area contributed by atoms with Crippen molar-refractivity contribution in [3.8, 4) is 0 Å². The van der Waals surface area contributed by atoms with Crippen molar-refractivity contribution in [2.24, 2.45) is 0 Å². The van der Waals surface area contributed by atoms with E-state index in [0.29, 0.717) is 0 Å². The van der Waals surface area contributed by atoms with Gasteiger partial charge in [0.05, 0.1) is 0 Å². The fourth-order valence-electron chi connectivity index (χ4n) is 1.89. The average molecular weight is 240 g/mol. The van der Waals surface area contributed by atoms with Gasteiger partial charge in [-0.15, -0.1) is 0 Å². The van der Waals surface area contributed by atoms with Gasteiger partial charge in [-0.1, -0.05) is 38.9 Å². The molecular weight excluding hydrogens is 220 g/mol. The summed E-state index contributed by atoms with van der Waals surface area (Å²) < 4.78 is 5.38. The van der Waals surface area contributed by atoms with E-state index < -0.39 is 14.0 Å². The molecule has 0 aromatic carbocycles. The first kappa shape index (κ1) is 13.0. The highest BCUT2D eigenvalue weighted by molar-refractivity contribution is 6.83. The van der Waals surface area contributed by atoms with Gasteiger partial charge < -0.3 is 9.84 Å². The van der Waals surface area contributed by atoms with Crippen molar-refractivity contribution in [3.63, 3.8) is 0 Å². The topological polar surface area (TPSA) is 60.4 Å². The lowest BCUT2D eigenvalue weighted by atomic mass is 9.98. The van der Waals surface area contributed by atoms with Gasteiger partial charge in [-0.3, -0.25) is 0 Å². The largest absolute Gasteiger partial charge is 0.605 e. The third-order valence-electron chi connectivity index (χ3n) is 2.83. The summed E-state index contributed by atoms with van der Waals surface area (Å²) in [5, 5.41) is 20.9. The summed E-state index contributed by atoms with van der Waals surface area (Å²) in [6.07, 6.45) is 5.37. The van der Waals surface area contributed by atoms with Crippen molar-refractivity contribution in [2.75, 3.05) is 0 Å². The number of rotatable bonds is 3. The summed E-state index contributed by atoms with van der Waals surface area (Å²) in [6.45, 7) is 5.89. The first-order chi connectivity index (χ1) is 7.45. The van der Waals surface area contributed by atoms with E-state index in [2.05, 4.69) is 4.98 Å². The zero-order chi connectivity index (χ0) is 12.2. The molecule has 0 unspecified atom stereocenters. The van der Waals surface area contributed by atoms with E-state index in [9.17, 15) is 5.11 Å². The molecule has 0 saturated heterocycles. The summed E-state index contributed by atoms with van der Waals surface area (Å²) in [4.78, 5) is 3.13. The van der Waals surface area contributed by atoms with E-state index in [0.717, 1.165) is 25.7 Å². The second-order valence-corrected chi connectivity index (χ2v) is 10.3. The second-order valence-electron chi connectivity index (χ2n) is 5.36. The monoisotopic (exact) mass is 240 g/mol. The Morgan fingerprint density at radius 3 is 2.25 bits per heavy atom. The van der Waals surface area contributed by atoms with Crippen LogP contribution in [-0.4, -0.2) is 14.2 Å². The van der Waals surface area contributed by atoms with Gasteiger partial charge in [0.2, 0.25) is 5.39 Å². The highest BCUT2D eigenvalue weighted by Crippen LogP contribution is 2.24. The van der Waals surface area contributed by atoms with Crippen LogP contribution >= 0.6 is 0 Å². The van der Waals surface area contributed by atoms with Crippen LogP contribution in [0.2, 0.25) is 19.6 Å². The van der Waals surface area contributed by atoms with Crippen LogP contribution in [0.15, 0.2) is 11.3 Å². The zero-order valence-corrected chi connectivity index (χ0v) is 11.3. The molecule has 0 heterocycles. The molecule has 16 heavy (non-hydrogen) atoms. The van der Waals surface area contributed by atoms with Crippen LogP contribution in [-0.2, 0) is 4.74 Å². The van der Waals surface area contributed by atoms with Crippen LogP contribution in [0.3, 0.4) is 0 Å². The van der Waals surface area contributed by atoms with Crippen molar-refractivity contribution < 1.29 is 9.84 Å². The van der Waals surface area contributed by atoms with Gasteiger partial charge in [0, 0.05) is 6.10 Å². The van der Waals surface area contributed by atoms with Crippen molar-refractivity contribution in [1.29, 1.82) is 5.39 Å². The van der Waals surface area contributed by atoms with Crippen LogP contribution in [0.25, 0.3) is 4.98 Å². The highest BCUT2D eigenvalue weighted by Gasteiger charge is 2.34. The molecule has 0 bridgehead atoms. The van der Waals surface area contributed by atoms with E-state index in [1.807, 2.05) is 19.6 Å². The maximum absolute atomic E-state index is 11.8. The van der Waals surface area contributed by atoms with Crippen LogP contribution in [0, 0.1) is 5.39 Å². The quantitative estimate of drug-likeness (QED) is 0.433. The van der Waals surface area contributed by atoms with Gasteiger partial charge in [-0.05, 0) is 12.8 Å². The molecule has 0 N–H and O–H groups in total. The Hall–Kier alpha value is -1.02. The summed E-state index contributed by atoms with van der Waals surface area (Å²) >= 11 is 0. The van der Waals surface area contributed by atoms with Crippen molar-refractivity contribution >= 4 is 8.07 Å². The standard InChI is InChI=1S/C11H20N2O2Si/c1-16(2,3)10(13-12)11(14)15-9-7-5-4-6-8-9/h9H,4-8H2,1-3H3. The summed E-state index contributed by atoms with van der Waals surface area (Å²) in [6, 6.07) is 0. The normalized spacial score (nSPS) is 19.9. The number of hydrogen-bond donors (Lipinski definition) is 0. The minimum Gasteiger partial charge on any atom is -0.605 e. The predicted octanol–water partition coefficient (Wildman–Crippen LogP) is 2.60.